The molecule has 0 fully saturated rings. The molecule has 0 amide bonds. The first-order valence-electron chi connectivity index (χ1n) is 7.43. The summed E-state index contributed by atoms with van der Waals surface area (Å²) in [6, 6.07) is 19.2. The molecule has 0 aliphatic carbocycles. The van der Waals surface area contributed by atoms with Gasteiger partial charge in [-0.1, -0.05) is 60.7 Å². The highest BCUT2D eigenvalue weighted by molar-refractivity contribution is 5.74. The Morgan fingerprint density at radius 1 is 1.00 bits per heavy atom. The molecule has 2 aromatic carbocycles. The minimum absolute atomic E-state index is 0.223. The first-order valence-corrected chi connectivity index (χ1v) is 7.43. The van der Waals surface area contributed by atoms with Crippen LogP contribution in [0.1, 0.15) is 25.0 Å². The lowest BCUT2D eigenvalue weighted by atomic mass is 9.85. The van der Waals surface area contributed by atoms with Crippen LogP contribution in [0.25, 0.3) is 0 Å². The monoisotopic (exact) mass is 298 g/mol. The topological polar surface area (TPSA) is 46.5 Å². The van der Waals surface area contributed by atoms with E-state index in [4.69, 9.17) is 4.74 Å². The van der Waals surface area contributed by atoms with Gasteiger partial charge in [-0.3, -0.25) is 4.79 Å². The van der Waals surface area contributed by atoms with E-state index in [9.17, 15) is 9.90 Å². The van der Waals surface area contributed by atoms with Crippen molar-refractivity contribution in [2.45, 2.75) is 32.5 Å². The molecule has 0 heterocycles. The number of benzene rings is 2. The van der Waals surface area contributed by atoms with Gasteiger partial charge in [-0.15, -0.1) is 0 Å². The number of aliphatic hydroxyl groups is 1. The van der Waals surface area contributed by atoms with Gasteiger partial charge in [0, 0.05) is 0 Å². The fraction of sp³-hybridized carbons (Fsp3) is 0.316. The summed E-state index contributed by atoms with van der Waals surface area (Å²) in [5, 5.41) is 10.3. The maximum Gasteiger partial charge on any atom is 0.312 e. The van der Waals surface area contributed by atoms with Gasteiger partial charge >= 0.3 is 5.97 Å². The highest BCUT2D eigenvalue weighted by Gasteiger charge is 2.34. The number of carbonyl (C=O) groups is 1. The second-order valence-corrected chi connectivity index (χ2v) is 5.99. The number of rotatable bonds is 6. The van der Waals surface area contributed by atoms with Crippen molar-refractivity contribution < 1.29 is 14.6 Å². The summed E-state index contributed by atoms with van der Waals surface area (Å²) in [5.41, 5.74) is 0.806. The maximum absolute atomic E-state index is 12.4. The van der Waals surface area contributed by atoms with Crippen LogP contribution in [0.4, 0.5) is 0 Å². The van der Waals surface area contributed by atoms with E-state index in [2.05, 4.69) is 0 Å². The van der Waals surface area contributed by atoms with E-state index in [1.54, 1.807) is 13.8 Å². The number of ether oxygens (including phenoxy) is 1. The van der Waals surface area contributed by atoms with Crippen molar-refractivity contribution in [2.24, 2.45) is 5.92 Å². The first kappa shape index (κ1) is 16.2. The van der Waals surface area contributed by atoms with Gasteiger partial charge in [-0.25, -0.2) is 0 Å². The molecular weight excluding hydrogens is 276 g/mol. The highest BCUT2D eigenvalue weighted by Crippen LogP contribution is 2.23. The molecule has 0 radical (unpaired) electrons. The summed E-state index contributed by atoms with van der Waals surface area (Å²) in [7, 11) is 0. The lowest BCUT2D eigenvalue weighted by molar-refractivity contribution is -0.158. The molecule has 1 atom stereocenters. The fourth-order valence-corrected chi connectivity index (χ4v) is 2.30. The Morgan fingerprint density at radius 3 is 2.00 bits per heavy atom. The molecule has 116 valence electrons. The van der Waals surface area contributed by atoms with Gasteiger partial charge in [-0.2, -0.15) is 0 Å². The Kier molecular flexibility index (Phi) is 5.34. The lowest BCUT2D eigenvalue weighted by Gasteiger charge is -2.27. The van der Waals surface area contributed by atoms with Gasteiger partial charge in [0.15, 0.2) is 0 Å². The van der Waals surface area contributed by atoms with Crippen LogP contribution in [0.15, 0.2) is 60.7 Å². The summed E-state index contributed by atoms with van der Waals surface area (Å²) in [5.74, 6) is -0.973. The molecule has 0 spiro atoms. The Bertz CT molecular complexity index is 585. The van der Waals surface area contributed by atoms with Crippen LogP contribution < -0.4 is 0 Å². The largest absolute Gasteiger partial charge is 0.461 e. The number of hydrogen-bond donors (Lipinski definition) is 1. The quantitative estimate of drug-likeness (QED) is 0.832. The Balaban J connectivity index is 2.04. The smallest absolute Gasteiger partial charge is 0.312 e. The van der Waals surface area contributed by atoms with Crippen LogP contribution in [0.5, 0.6) is 0 Å². The first-order chi connectivity index (χ1) is 10.5. The van der Waals surface area contributed by atoms with E-state index in [-0.39, 0.29) is 12.6 Å². The summed E-state index contributed by atoms with van der Waals surface area (Å²) in [6.45, 7) is 3.51. The van der Waals surface area contributed by atoms with Crippen molar-refractivity contribution >= 4 is 5.97 Å². The van der Waals surface area contributed by atoms with Gasteiger partial charge in [0.05, 0.1) is 11.5 Å². The summed E-state index contributed by atoms with van der Waals surface area (Å²) >= 11 is 0. The number of hydrogen-bond acceptors (Lipinski definition) is 3. The van der Waals surface area contributed by atoms with Gasteiger partial charge in [-0.05, 0) is 31.4 Å². The minimum atomic E-state index is -1.14. The molecule has 0 bridgehead atoms. The number of carbonyl (C=O) groups excluding carboxylic acids is 1. The van der Waals surface area contributed by atoms with Crippen LogP contribution in [0.3, 0.4) is 0 Å². The second-order valence-electron chi connectivity index (χ2n) is 5.99. The molecule has 0 saturated carbocycles. The molecule has 3 heteroatoms. The van der Waals surface area contributed by atoms with Crippen LogP contribution in [-0.4, -0.2) is 16.7 Å². The van der Waals surface area contributed by atoms with Crippen LogP contribution in [0, 0.1) is 5.92 Å². The van der Waals surface area contributed by atoms with Crippen molar-refractivity contribution in [1.29, 1.82) is 0 Å². The summed E-state index contributed by atoms with van der Waals surface area (Å²) in [6.07, 6.45) is 0.456. The van der Waals surface area contributed by atoms with Gasteiger partial charge in [0.25, 0.3) is 0 Å². The average Bonchev–Trinajstić information content (AvgIpc) is 2.51. The average molecular weight is 298 g/mol. The van der Waals surface area contributed by atoms with Crippen molar-refractivity contribution in [3.05, 3.63) is 71.8 Å². The van der Waals surface area contributed by atoms with E-state index >= 15 is 0 Å². The molecule has 0 aliphatic heterocycles. The molecule has 1 N–H and O–H groups in total. The zero-order valence-electron chi connectivity index (χ0n) is 13.0. The predicted octanol–water partition coefficient (Wildman–Crippen LogP) is 3.36. The van der Waals surface area contributed by atoms with E-state index in [1.165, 1.54) is 0 Å². The molecule has 0 aliphatic rings. The zero-order valence-corrected chi connectivity index (χ0v) is 13.0. The van der Waals surface area contributed by atoms with Gasteiger partial charge < -0.3 is 9.84 Å². The van der Waals surface area contributed by atoms with Gasteiger partial charge in [0.1, 0.15) is 6.61 Å². The predicted molar refractivity (Wildman–Crippen MR) is 86.2 cm³/mol. The zero-order chi connectivity index (χ0) is 16.0. The van der Waals surface area contributed by atoms with Crippen molar-refractivity contribution in [3.8, 4) is 0 Å². The molecular formula is C19H22O3. The molecule has 0 unspecified atom stereocenters. The molecule has 3 nitrogen and oxygen atoms in total. The third-order valence-electron chi connectivity index (χ3n) is 3.64. The lowest BCUT2D eigenvalue weighted by Crippen LogP contribution is -2.39. The van der Waals surface area contributed by atoms with E-state index in [1.807, 2.05) is 60.7 Å². The standard InChI is InChI=1S/C19H22O3/c1-19(2,21)17(13-15-9-5-3-6-10-15)18(20)22-14-16-11-7-4-8-12-16/h3-12,17,21H,13-14H2,1-2H3/t17-/m0/s1. The van der Waals surface area contributed by atoms with E-state index in [0.717, 1.165) is 11.1 Å². The fourth-order valence-electron chi connectivity index (χ4n) is 2.30. The summed E-state index contributed by atoms with van der Waals surface area (Å²) < 4.78 is 5.39. The Morgan fingerprint density at radius 2 is 1.50 bits per heavy atom. The second kappa shape index (κ2) is 7.23. The van der Waals surface area contributed by atoms with Crippen molar-refractivity contribution in [3.63, 3.8) is 0 Å². The Labute approximate surface area is 131 Å². The Hall–Kier alpha value is -2.13. The normalized spacial score (nSPS) is 12.7. The van der Waals surface area contributed by atoms with Crippen LogP contribution in [0.2, 0.25) is 0 Å². The van der Waals surface area contributed by atoms with Crippen LogP contribution in [-0.2, 0) is 22.6 Å². The van der Waals surface area contributed by atoms with E-state index in [0.29, 0.717) is 6.42 Å². The van der Waals surface area contributed by atoms with Crippen molar-refractivity contribution in [2.75, 3.05) is 0 Å². The summed E-state index contributed by atoms with van der Waals surface area (Å²) in [4.78, 5) is 12.4. The van der Waals surface area contributed by atoms with Gasteiger partial charge in [0.2, 0.25) is 0 Å². The third kappa shape index (κ3) is 4.71. The molecule has 2 rings (SSSR count). The van der Waals surface area contributed by atoms with Crippen LogP contribution >= 0.6 is 0 Å². The van der Waals surface area contributed by atoms with E-state index < -0.39 is 11.5 Å². The third-order valence-corrected chi connectivity index (χ3v) is 3.64. The molecule has 0 saturated heterocycles. The SMILES string of the molecule is CC(C)(O)[C@@H](Cc1ccccc1)C(=O)OCc1ccccc1. The maximum atomic E-state index is 12.4. The van der Waals surface area contributed by atoms with Crippen molar-refractivity contribution in [1.82, 2.24) is 0 Å². The minimum Gasteiger partial charge on any atom is -0.461 e. The molecule has 0 aromatic heterocycles. The molecule has 22 heavy (non-hydrogen) atoms. The number of esters is 1. The highest BCUT2D eigenvalue weighted by atomic mass is 16.5. The molecule has 2 aromatic rings.